The molecule has 0 aliphatic rings. The zero-order chi connectivity index (χ0) is 19.6. The Morgan fingerprint density at radius 2 is 1.32 bits per heavy atom. The summed E-state index contributed by atoms with van der Waals surface area (Å²) in [5.41, 5.74) is 0. The van der Waals surface area contributed by atoms with Crippen LogP contribution in [0.1, 0.15) is 39.0 Å². The molecule has 0 aromatic heterocycles. The number of unbranched alkanes of at least 4 members (excludes halogenated alkanes) is 3. The van der Waals surface area contributed by atoms with Crippen LogP contribution >= 0.6 is 0 Å². The van der Waals surface area contributed by atoms with Gasteiger partial charge in [-0.25, -0.2) is 12.8 Å². The monoisotopic (exact) mass is 436 g/mol. The summed E-state index contributed by atoms with van der Waals surface area (Å²) in [6.45, 7) is 1.67. The Kier molecular flexibility index (Phi) is 10.6. The second kappa shape index (κ2) is 9.41. The molecule has 0 aliphatic heterocycles. The third-order valence-electron chi connectivity index (χ3n) is 3.20. The molecule has 0 rings (SSSR count). The van der Waals surface area contributed by atoms with Crippen LogP contribution in [0.2, 0.25) is 0 Å². The van der Waals surface area contributed by atoms with E-state index in [4.69, 9.17) is 0 Å². The van der Waals surface area contributed by atoms with Gasteiger partial charge in [-0.3, -0.25) is 0 Å². The molecule has 3 nitrogen and oxygen atoms in total. The minimum atomic E-state index is -7.42. The second-order valence-electron chi connectivity index (χ2n) is 5.06. The number of hydrogen-bond acceptors (Lipinski definition) is 3. The summed E-state index contributed by atoms with van der Waals surface area (Å²) in [5.74, 6) is -20.8. The van der Waals surface area contributed by atoms with Gasteiger partial charge in [-0.05, 0) is 6.42 Å². The molecule has 1 atom stereocenters. The zero-order valence-corrected chi connectivity index (χ0v) is 17.1. The van der Waals surface area contributed by atoms with Crippen LogP contribution in [0.15, 0.2) is 0 Å². The number of hydrogen-bond donors (Lipinski definition) is 0. The smallest absolute Gasteiger partial charge is 0.743 e. The fraction of sp³-hybridized carbons (Fsp3) is 1.00. The summed E-state index contributed by atoms with van der Waals surface area (Å²) in [7, 11) is -7.42. The number of alkyl halides is 9. The maximum atomic E-state index is 13.3. The van der Waals surface area contributed by atoms with Gasteiger partial charge in [0.25, 0.3) is 0 Å². The largest absolute Gasteiger partial charge is 1.00 e. The molecule has 0 amide bonds. The van der Waals surface area contributed by atoms with E-state index in [1.165, 1.54) is 0 Å². The van der Waals surface area contributed by atoms with Crippen LogP contribution in [0, 0.1) is 0 Å². The molecule has 0 radical (unpaired) electrons. The average Bonchev–Trinajstić information content (AvgIpc) is 2.41. The fourth-order valence-corrected chi connectivity index (χ4v) is 2.12. The maximum absolute atomic E-state index is 13.3. The molecule has 1 unspecified atom stereocenters. The van der Waals surface area contributed by atoms with E-state index in [1.807, 2.05) is 0 Å². The van der Waals surface area contributed by atoms with Crippen LogP contribution in [0.4, 0.5) is 39.5 Å². The molecule has 0 saturated heterocycles. The topological polar surface area (TPSA) is 57.2 Å². The number of rotatable bonds is 10. The summed E-state index contributed by atoms with van der Waals surface area (Å²) in [6.07, 6.45) is -4.65. The Morgan fingerprint density at radius 1 is 0.880 bits per heavy atom. The van der Waals surface area contributed by atoms with Crippen LogP contribution in [0.25, 0.3) is 0 Å². The summed E-state index contributed by atoms with van der Waals surface area (Å²) in [4.78, 5) is 0. The summed E-state index contributed by atoms with van der Waals surface area (Å²) in [6, 6.07) is 0. The summed E-state index contributed by atoms with van der Waals surface area (Å²) < 4.78 is 148. The van der Waals surface area contributed by atoms with Gasteiger partial charge in [0.2, 0.25) is 0 Å². The minimum Gasteiger partial charge on any atom is -0.743 e. The third kappa shape index (κ3) is 5.47. The van der Waals surface area contributed by atoms with E-state index in [0.29, 0.717) is 12.8 Å². The van der Waals surface area contributed by atoms with E-state index < -0.39 is 52.2 Å². The van der Waals surface area contributed by atoms with E-state index >= 15 is 0 Å². The molecule has 25 heavy (non-hydrogen) atoms. The second-order valence-corrected chi connectivity index (χ2v) is 6.48. The van der Waals surface area contributed by atoms with Crippen molar-refractivity contribution < 1.29 is 104 Å². The van der Waals surface area contributed by atoms with E-state index in [2.05, 4.69) is 0 Å². The first-order valence-corrected chi connectivity index (χ1v) is 8.00. The van der Waals surface area contributed by atoms with Gasteiger partial charge >= 0.3 is 74.4 Å². The first kappa shape index (κ1) is 28.1. The predicted octanol–water partition coefficient (Wildman–Crippen LogP) is 1.34. The molecule has 0 N–H and O–H groups in total. The van der Waals surface area contributed by atoms with Gasteiger partial charge in [-0.2, -0.15) is 35.1 Å². The summed E-state index contributed by atoms with van der Waals surface area (Å²) >= 11 is 0. The third-order valence-corrected chi connectivity index (χ3v) is 4.08. The average molecular weight is 436 g/mol. The van der Waals surface area contributed by atoms with Crippen molar-refractivity contribution in [1.29, 1.82) is 0 Å². The van der Waals surface area contributed by atoms with Crippen molar-refractivity contribution in [3.8, 4) is 0 Å². The summed E-state index contributed by atoms with van der Waals surface area (Å²) in [5, 5.41) is -7.06. The molecule has 0 aromatic carbocycles. The van der Waals surface area contributed by atoms with Gasteiger partial charge in [-0.1, -0.05) is 32.6 Å². The van der Waals surface area contributed by atoms with E-state index in [-0.39, 0.29) is 57.8 Å². The van der Waals surface area contributed by atoms with Crippen molar-refractivity contribution in [2.45, 2.75) is 68.2 Å². The van der Waals surface area contributed by atoms with Crippen LogP contribution < -0.4 is 51.4 Å². The van der Waals surface area contributed by atoms with E-state index in [1.54, 1.807) is 6.92 Å². The molecule has 0 fully saturated rings. The Morgan fingerprint density at radius 3 is 1.68 bits per heavy atom. The Labute approximate surface area is 180 Å². The van der Waals surface area contributed by atoms with Gasteiger partial charge in [0, 0.05) is 0 Å². The van der Waals surface area contributed by atoms with E-state index in [0.717, 1.165) is 0 Å². The van der Waals surface area contributed by atoms with Crippen LogP contribution in [0.5, 0.6) is 0 Å². The molecule has 0 heterocycles. The van der Waals surface area contributed by atoms with Gasteiger partial charge in [-0.15, -0.1) is 0 Å². The number of halogens is 9. The molecule has 0 aromatic rings. The fourth-order valence-electron chi connectivity index (χ4n) is 1.68. The molecule has 0 saturated carbocycles. The molecule has 0 bridgehead atoms. The Hall–Kier alpha value is 0.916. The Bertz CT molecular complexity index is 525. The molecule has 0 aliphatic carbocycles. The minimum absolute atomic E-state index is 0. The van der Waals surface area contributed by atoms with Crippen molar-refractivity contribution in [1.82, 2.24) is 0 Å². The van der Waals surface area contributed by atoms with Gasteiger partial charge < -0.3 is 4.55 Å². The van der Waals surface area contributed by atoms with Crippen LogP contribution in [0.3, 0.4) is 0 Å². The van der Waals surface area contributed by atoms with Crippen molar-refractivity contribution in [3.05, 3.63) is 0 Å². The predicted molar refractivity (Wildman–Crippen MR) is 63.1 cm³/mol. The molecule has 146 valence electrons. The van der Waals surface area contributed by atoms with Crippen molar-refractivity contribution >= 4 is 10.1 Å². The zero-order valence-electron chi connectivity index (χ0n) is 13.1. The first-order chi connectivity index (χ1) is 10.5. The Balaban J connectivity index is 0. The standard InChI is InChI=1S/C11H15F9O3S.K/c1-2-3-4-5-6-7(12)8(13,14)9(15,16)10(17,18)11(19,20)24(21,22)23;/h7H,2-6H2,1H3,(H,21,22,23);/q;+1/p-1. The first-order valence-electron chi connectivity index (χ1n) is 6.59. The van der Waals surface area contributed by atoms with Crippen molar-refractivity contribution in [3.63, 3.8) is 0 Å². The quantitative estimate of drug-likeness (QED) is 0.225. The van der Waals surface area contributed by atoms with Gasteiger partial charge in [0.05, 0.1) is 0 Å². The van der Waals surface area contributed by atoms with Crippen LogP contribution in [-0.2, 0) is 10.1 Å². The van der Waals surface area contributed by atoms with Gasteiger partial charge in [0.1, 0.15) is 0 Å². The maximum Gasteiger partial charge on any atom is 1.00 e. The van der Waals surface area contributed by atoms with Crippen LogP contribution in [-0.4, -0.2) is 42.2 Å². The van der Waals surface area contributed by atoms with E-state index in [9.17, 15) is 52.5 Å². The van der Waals surface area contributed by atoms with Gasteiger partial charge in [0.15, 0.2) is 16.3 Å². The van der Waals surface area contributed by atoms with Crippen molar-refractivity contribution in [2.75, 3.05) is 0 Å². The molecule has 0 spiro atoms. The van der Waals surface area contributed by atoms with Crippen molar-refractivity contribution in [2.24, 2.45) is 0 Å². The SMILES string of the molecule is CCCCCCC(F)C(F)(F)C(F)(F)C(F)(F)C(F)(F)S(=O)(=O)[O-].[K+]. The molecular formula is C11H14F9KO3S. The molecule has 14 heteroatoms. The normalized spacial score (nSPS) is 15.6. The molecular weight excluding hydrogens is 422 g/mol.